The number of sulfonamides is 1. The van der Waals surface area contributed by atoms with Gasteiger partial charge >= 0.3 is 0 Å². The molecule has 0 aliphatic heterocycles. The molecule has 0 heterocycles. The van der Waals surface area contributed by atoms with E-state index in [0.717, 1.165) is 25.8 Å². The van der Waals surface area contributed by atoms with Crippen molar-refractivity contribution in [3.63, 3.8) is 0 Å². The fraction of sp³-hybridized carbons (Fsp3) is 0.917. The lowest BCUT2D eigenvalue weighted by atomic mass is 10.1. The summed E-state index contributed by atoms with van der Waals surface area (Å²) in [5, 5.41) is 6.29. The quantitative estimate of drug-likeness (QED) is 0.314. The maximum Gasteiger partial charge on any atom is 0.209 e. The number of hydrogen-bond acceptors (Lipinski definition) is 4. The molecule has 0 spiro atoms. The molecule has 0 radical (unpaired) electrons. The van der Waals surface area contributed by atoms with Gasteiger partial charge in [0.05, 0.1) is 12.8 Å². The van der Waals surface area contributed by atoms with Crippen LogP contribution in [-0.2, 0) is 14.8 Å². The van der Waals surface area contributed by atoms with Crippen molar-refractivity contribution in [2.45, 2.75) is 32.7 Å². The van der Waals surface area contributed by atoms with E-state index in [4.69, 9.17) is 4.74 Å². The number of guanidine groups is 1. The molecule has 0 rings (SSSR count). The van der Waals surface area contributed by atoms with Gasteiger partial charge in [-0.2, -0.15) is 0 Å². The molecule has 0 bridgehead atoms. The average molecular weight is 308 g/mol. The van der Waals surface area contributed by atoms with Crippen molar-refractivity contribution in [3.05, 3.63) is 0 Å². The van der Waals surface area contributed by atoms with Gasteiger partial charge in [-0.05, 0) is 27.2 Å². The Kier molecular flexibility index (Phi) is 8.75. The molecule has 3 N–H and O–H groups in total. The van der Waals surface area contributed by atoms with Gasteiger partial charge in [-0.1, -0.05) is 0 Å². The molecule has 0 atom stereocenters. The van der Waals surface area contributed by atoms with Crippen molar-refractivity contribution in [1.29, 1.82) is 0 Å². The van der Waals surface area contributed by atoms with Crippen LogP contribution in [0.3, 0.4) is 0 Å². The summed E-state index contributed by atoms with van der Waals surface area (Å²) >= 11 is 0. The predicted molar refractivity (Wildman–Crippen MR) is 82.5 cm³/mol. The van der Waals surface area contributed by atoms with Crippen LogP contribution in [-0.4, -0.2) is 59.5 Å². The lowest BCUT2D eigenvalue weighted by Gasteiger charge is -2.23. The van der Waals surface area contributed by atoms with Crippen molar-refractivity contribution >= 4 is 16.0 Å². The van der Waals surface area contributed by atoms with E-state index in [1.165, 1.54) is 0 Å². The highest BCUT2D eigenvalue weighted by Gasteiger charge is 2.21. The minimum Gasteiger partial charge on any atom is -0.385 e. The van der Waals surface area contributed by atoms with Crippen LogP contribution < -0.4 is 15.4 Å². The molecule has 0 unspecified atom stereocenters. The summed E-state index contributed by atoms with van der Waals surface area (Å²) in [5.41, 5.74) is -0.623. The second kappa shape index (κ2) is 9.15. The van der Waals surface area contributed by atoms with E-state index in [0.29, 0.717) is 19.1 Å². The molecular weight excluding hydrogens is 280 g/mol. The molecule has 0 amide bonds. The van der Waals surface area contributed by atoms with Crippen LogP contribution in [0.25, 0.3) is 0 Å². The number of hydrogen-bond donors (Lipinski definition) is 3. The van der Waals surface area contributed by atoms with Gasteiger partial charge in [0.1, 0.15) is 0 Å². The molecule has 0 saturated carbocycles. The average Bonchev–Trinajstić information content (AvgIpc) is 2.28. The second-order valence-corrected chi connectivity index (χ2v) is 6.97. The number of rotatable bonds is 9. The first-order chi connectivity index (χ1) is 9.20. The molecule has 8 heteroatoms. The Hall–Kier alpha value is -0.860. The summed E-state index contributed by atoms with van der Waals surface area (Å²) in [6.07, 6.45) is 2.03. The first-order valence-electron chi connectivity index (χ1n) is 6.70. The van der Waals surface area contributed by atoms with E-state index in [-0.39, 0.29) is 0 Å². The third-order valence-electron chi connectivity index (χ3n) is 2.26. The minimum atomic E-state index is -3.24. The Morgan fingerprint density at radius 2 is 1.95 bits per heavy atom. The van der Waals surface area contributed by atoms with Crippen LogP contribution in [0.1, 0.15) is 27.2 Å². The van der Waals surface area contributed by atoms with Gasteiger partial charge in [-0.25, -0.2) is 13.1 Å². The van der Waals surface area contributed by atoms with Gasteiger partial charge in [0.15, 0.2) is 5.96 Å². The Morgan fingerprint density at radius 1 is 1.30 bits per heavy atom. The smallest absolute Gasteiger partial charge is 0.209 e. The van der Waals surface area contributed by atoms with Crippen LogP contribution in [0, 0.1) is 0 Å². The molecule has 0 aromatic carbocycles. The van der Waals surface area contributed by atoms with Gasteiger partial charge in [-0.15, -0.1) is 0 Å². The highest BCUT2D eigenvalue weighted by Crippen LogP contribution is 2.04. The topological polar surface area (TPSA) is 91.8 Å². The molecule has 0 aromatic rings. The van der Waals surface area contributed by atoms with E-state index in [1.807, 2.05) is 6.92 Å². The first kappa shape index (κ1) is 19.1. The molecule has 20 heavy (non-hydrogen) atoms. The number of methoxy groups -OCH3 is 1. The molecule has 0 saturated heterocycles. The number of aliphatic imine (C=N–C) groups is 1. The normalized spacial score (nSPS) is 13.3. The zero-order chi connectivity index (χ0) is 15.6. The van der Waals surface area contributed by atoms with Crippen molar-refractivity contribution in [3.8, 4) is 0 Å². The van der Waals surface area contributed by atoms with E-state index in [9.17, 15) is 8.42 Å². The van der Waals surface area contributed by atoms with E-state index < -0.39 is 15.6 Å². The third kappa shape index (κ3) is 11.0. The largest absolute Gasteiger partial charge is 0.385 e. The minimum absolute atomic E-state index is 0.347. The summed E-state index contributed by atoms with van der Waals surface area (Å²) in [5.74, 6) is 0.673. The van der Waals surface area contributed by atoms with Crippen molar-refractivity contribution in [2.75, 3.05) is 39.6 Å². The maximum atomic E-state index is 11.3. The molecule has 0 aliphatic rings. The zero-order valence-electron chi connectivity index (χ0n) is 13.1. The lowest BCUT2D eigenvalue weighted by molar-refractivity contribution is 0.195. The second-order valence-electron chi connectivity index (χ2n) is 5.23. The summed E-state index contributed by atoms with van der Waals surface area (Å²) in [7, 11) is -1.58. The lowest BCUT2D eigenvalue weighted by Crippen LogP contribution is -2.46. The van der Waals surface area contributed by atoms with Crippen LogP contribution in [0.2, 0.25) is 0 Å². The Bertz CT molecular complexity index is 394. The SMILES string of the molecule is CCNC(=NCC(C)(C)NS(C)(=O)=O)NCCCOC. The maximum absolute atomic E-state index is 11.3. The van der Waals surface area contributed by atoms with E-state index in [2.05, 4.69) is 20.3 Å². The predicted octanol–water partition coefficient (Wildman–Crippen LogP) is -0.0942. The summed E-state index contributed by atoms with van der Waals surface area (Å²) in [6.45, 7) is 8.10. The highest BCUT2D eigenvalue weighted by molar-refractivity contribution is 7.88. The van der Waals surface area contributed by atoms with Crippen LogP contribution in [0.5, 0.6) is 0 Å². The van der Waals surface area contributed by atoms with E-state index in [1.54, 1.807) is 21.0 Å². The molecular formula is C12H28N4O3S. The van der Waals surface area contributed by atoms with Gasteiger partial charge < -0.3 is 15.4 Å². The zero-order valence-corrected chi connectivity index (χ0v) is 13.9. The summed E-state index contributed by atoms with van der Waals surface area (Å²) in [6, 6.07) is 0. The molecule has 0 fully saturated rings. The first-order valence-corrected chi connectivity index (χ1v) is 8.59. The fourth-order valence-corrected chi connectivity index (χ4v) is 2.64. The number of ether oxygens (including phenoxy) is 1. The summed E-state index contributed by atoms with van der Waals surface area (Å²) in [4.78, 5) is 4.39. The number of nitrogens with one attached hydrogen (secondary N) is 3. The van der Waals surface area contributed by atoms with Gasteiger partial charge in [-0.3, -0.25) is 4.99 Å². The van der Waals surface area contributed by atoms with E-state index >= 15 is 0 Å². The fourth-order valence-electron chi connectivity index (χ4n) is 1.58. The molecule has 0 aliphatic carbocycles. The molecule has 120 valence electrons. The Labute approximate surface area is 122 Å². The number of nitrogens with zero attached hydrogens (tertiary/aromatic N) is 1. The highest BCUT2D eigenvalue weighted by atomic mass is 32.2. The Morgan fingerprint density at radius 3 is 2.45 bits per heavy atom. The standard InChI is InChI=1S/C12H28N4O3S/c1-6-13-11(14-8-7-9-19-4)15-10-12(2,3)16-20(5,17)18/h16H,6-10H2,1-5H3,(H2,13,14,15). The monoisotopic (exact) mass is 308 g/mol. The van der Waals surface area contributed by atoms with Crippen molar-refractivity contribution in [2.24, 2.45) is 4.99 Å². The third-order valence-corrected chi connectivity index (χ3v) is 3.18. The molecule has 0 aromatic heterocycles. The molecule has 7 nitrogen and oxygen atoms in total. The van der Waals surface area contributed by atoms with Crippen molar-refractivity contribution in [1.82, 2.24) is 15.4 Å². The van der Waals surface area contributed by atoms with Crippen LogP contribution in [0.4, 0.5) is 0 Å². The van der Waals surface area contributed by atoms with Crippen LogP contribution >= 0.6 is 0 Å². The van der Waals surface area contributed by atoms with Gasteiger partial charge in [0.2, 0.25) is 10.0 Å². The van der Waals surface area contributed by atoms with Crippen LogP contribution in [0.15, 0.2) is 4.99 Å². The Balaban J connectivity index is 4.44. The van der Waals surface area contributed by atoms with Crippen molar-refractivity contribution < 1.29 is 13.2 Å². The van der Waals surface area contributed by atoms with Gasteiger partial charge in [0, 0.05) is 32.3 Å². The van der Waals surface area contributed by atoms with Gasteiger partial charge in [0.25, 0.3) is 0 Å². The summed E-state index contributed by atoms with van der Waals surface area (Å²) < 4.78 is 30.0.